The van der Waals surface area contributed by atoms with Crippen LogP contribution in [0.1, 0.15) is 12.5 Å². The minimum atomic E-state index is -3.76. The lowest BCUT2D eigenvalue weighted by Gasteiger charge is -2.22. The zero-order valence-corrected chi connectivity index (χ0v) is 17.5. The zero-order valence-electron chi connectivity index (χ0n) is 16.7. The maximum atomic E-state index is 13.3. The summed E-state index contributed by atoms with van der Waals surface area (Å²) in [6.45, 7) is 2.00. The average molecular weight is 420 g/mol. The highest BCUT2D eigenvalue weighted by Gasteiger charge is 2.24. The van der Waals surface area contributed by atoms with Gasteiger partial charge in [0.25, 0.3) is 15.9 Å². The summed E-state index contributed by atoms with van der Waals surface area (Å²) in [6.07, 6.45) is 0.736. The van der Waals surface area contributed by atoms with Gasteiger partial charge in [0.05, 0.1) is 10.6 Å². The summed E-state index contributed by atoms with van der Waals surface area (Å²) >= 11 is 0. The number of sulfonamides is 1. The highest BCUT2D eigenvalue weighted by molar-refractivity contribution is 7.92. The fourth-order valence-electron chi connectivity index (χ4n) is 3.24. The summed E-state index contributed by atoms with van der Waals surface area (Å²) in [4.78, 5) is 4.58. The smallest absolute Gasteiger partial charge is 0.264 e. The second kappa shape index (κ2) is 8.12. The topological polar surface area (TPSA) is 76.3 Å². The van der Waals surface area contributed by atoms with Crippen molar-refractivity contribution < 1.29 is 12.9 Å². The molecule has 0 saturated heterocycles. The van der Waals surface area contributed by atoms with Crippen molar-refractivity contribution in [1.82, 2.24) is 10.1 Å². The second-order valence-electron chi connectivity index (χ2n) is 6.77. The third-order valence-electron chi connectivity index (χ3n) is 4.91. The highest BCUT2D eigenvalue weighted by atomic mass is 32.2. The summed E-state index contributed by atoms with van der Waals surface area (Å²) in [5.74, 6) is 0.718. The van der Waals surface area contributed by atoms with Crippen LogP contribution in [0.4, 0.5) is 5.69 Å². The lowest BCUT2D eigenvalue weighted by Crippen LogP contribution is -2.27. The predicted molar refractivity (Wildman–Crippen MR) is 117 cm³/mol. The molecule has 4 aromatic rings. The number of hydrogen-bond donors (Lipinski definition) is 0. The Balaban J connectivity index is 1.69. The van der Waals surface area contributed by atoms with Gasteiger partial charge in [0.15, 0.2) is 0 Å². The first-order valence-corrected chi connectivity index (χ1v) is 11.0. The number of para-hydroxylation sites is 1. The number of anilines is 1. The molecule has 0 bridgehead atoms. The number of aryl methyl sites for hydroxylation is 1. The lowest BCUT2D eigenvalue weighted by molar-refractivity contribution is 0.432. The Morgan fingerprint density at radius 2 is 1.60 bits per heavy atom. The molecule has 1 heterocycles. The van der Waals surface area contributed by atoms with Crippen LogP contribution in [0.5, 0.6) is 0 Å². The maximum Gasteiger partial charge on any atom is 0.264 e. The van der Waals surface area contributed by atoms with Gasteiger partial charge in [-0.05, 0) is 36.2 Å². The Bertz CT molecular complexity index is 1270. The Morgan fingerprint density at radius 3 is 2.37 bits per heavy atom. The molecule has 0 atom stereocenters. The lowest BCUT2D eigenvalue weighted by atomic mass is 10.1. The van der Waals surface area contributed by atoms with Crippen molar-refractivity contribution in [2.45, 2.75) is 18.2 Å². The fourth-order valence-corrected chi connectivity index (χ4v) is 4.52. The molecule has 0 amide bonds. The van der Waals surface area contributed by atoms with Crippen molar-refractivity contribution >= 4 is 15.7 Å². The van der Waals surface area contributed by atoms with Crippen LogP contribution < -0.4 is 4.31 Å². The molecule has 0 saturated carbocycles. The molecule has 0 N–H and O–H groups in total. The number of benzene rings is 3. The van der Waals surface area contributed by atoms with Gasteiger partial charge in [-0.25, -0.2) is 8.42 Å². The molecule has 7 heteroatoms. The van der Waals surface area contributed by atoms with Crippen molar-refractivity contribution in [3.05, 3.63) is 84.4 Å². The van der Waals surface area contributed by atoms with Gasteiger partial charge in [0, 0.05) is 18.2 Å². The van der Waals surface area contributed by atoms with E-state index in [2.05, 4.69) is 10.1 Å². The van der Waals surface area contributed by atoms with E-state index < -0.39 is 10.0 Å². The molecular weight excluding hydrogens is 398 g/mol. The van der Waals surface area contributed by atoms with Crippen LogP contribution >= 0.6 is 0 Å². The first-order valence-electron chi connectivity index (χ1n) is 9.57. The van der Waals surface area contributed by atoms with E-state index in [1.807, 2.05) is 61.5 Å². The van der Waals surface area contributed by atoms with E-state index in [4.69, 9.17) is 4.52 Å². The molecule has 0 fully saturated rings. The molecule has 152 valence electrons. The van der Waals surface area contributed by atoms with Crippen LogP contribution in [0.15, 0.2) is 88.3 Å². The summed E-state index contributed by atoms with van der Waals surface area (Å²) in [5, 5.41) is 4.01. The van der Waals surface area contributed by atoms with E-state index in [1.165, 1.54) is 4.31 Å². The van der Waals surface area contributed by atoms with Crippen molar-refractivity contribution in [3.63, 3.8) is 0 Å². The minimum absolute atomic E-state index is 0.160. The van der Waals surface area contributed by atoms with Crippen molar-refractivity contribution in [2.75, 3.05) is 11.4 Å². The molecule has 6 nitrogen and oxygen atoms in total. The Morgan fingerprint density at radius 1 is 0.900 bits per heavy atom. The first kappa shape index (κ1) is 19.8. The molecule has 0 aliphatic heterocycles. The third-order valence-corrected chi connectivity index (χ3v) is 6.68. The van der Waals surface area contributed by atoms with Crippen LogP contribution in [-0.4, -0.2) is 25.6 Å². The second-order valence-corrected chi connectivity index (χ2v) is 8.74. The summed E-state index contributed by atoms with van der Waals surface area (Å²) in [6, 6.07) is 23.5. The van der Waals surface area contributed by atoms with E-state index in [0.29, 0.717) is 17.1 Å². The van der Waals surface area contributed by atoms with Gasteiger partial charge in [0.2, 0.25) is 5.82 Å². The van der Waals surface area contributed by atoms with Gasteiger partial charge in [-0.1, -0.05) is 66.7 Å². The van der Waals surface area contributed by atoms with E-state index in [9.17, 15) is 8.42 Å². The van der Waals surface area contributed by atoms with Gasteiger partial charge >= 0.3 is 0 Å². The van der Waals surface area contributed by atoms with Crippen LogP contribution in [0.3, 0.4) is 0 Å². The van der Waals surface area contributed by atoms with Crippen molar-refractivity contribution in [2.24, 2.45) is 0 Å². The van der Waals surface area contributed by atoms with E-state index in [0.717, 1.165) is 17.5 Å². The van der Waals surface area contributed by atoms with Gasteiger partial charge in [-0.3, -0.25) is 4.31 Å². The fraction of sp³-hybridized carbons (Fsp3) is 0.130. The molecule has 0 radical (unpaired) electrons. The first-order chi connectivity index (χ1) is 14.5. The van der Waals surface area contributed by atoms with Gasteiger partial charge in [-0.15, -0.1) is 0 Å². The number of nitrogens with zero attached hydrogens (tertiary/aromatic N) is 3. The number of hydrogen-bond acceptors (Lipinski definition) is 5. The predicted octanol–water partition coefficient (Wildman–Crippen LogP) is 4.79. The van der Waals surface area contributed by atoms with E-state index in [-0.39, 0.29) is 10.8 Å². The van der Waals surface area contributed by atoms with Crippen molar-refractivity contribution in [3.8, 4) is 22.8 Å². The van der Waals surface area contributed by atoms with Crippen LogP contribution in [-0.2, 0) is 16.4 Å². The monoisotopic (exact) mass is 419 g/mol. The van der Waals surface area contributed by atoms with Crippen LogP contribution in [0, 0.1) is 0 Å². The molecule has 0 unspecified atom stereocenters. The van der Waals surface area contributed by atoms with Gasteiger partial charge in [-0.2, -0.15) is 4.98 Å². The Kier molecular flexibility index (Phi) is 5.37. The molecule has 4 rings (SSSR count). The van der Waals surface area contributed by atoms with Gasteiger partial charge in [0.1, 0.15) is 0 Å². The maximum absolute atomic E-state index is 13.3. The summed E-state index contributed by atoms with van der Waals surface area (Å²) < 4.78 is 33.2. The molecule has 0 aliphatic carbocycles. The van der Waals surface area contributed by atoms with Gasteiger partial charge < -0.3 is 4.52 Å². The zero-order chi connectivity index (χ0) is 21.1. The molecule has 1 aromatic heterocycles. The SMILES string of the molecule is CCc1ccccc1N(C)S(=O)(=O)c1cccc(-c2nc(-c3ccccc3)no2)c1. The number of rotatable bonds is 6. The highest BCUT2D eigenvalue weighted by Crippen LogP contribution is 2.29. The van der Waals surface area contributed by atoms with Crippen LogP contribution in [0.2, 0.25) is 0 Å². The minimum Gasteiger partial charge on any atom is -0.334 e. The van der Waals surface area contributed by atoms with Crippen LogP contribution in [0.25, 0.3) is 22.8 Å². The van der Waals surface area contributed by atoms with E-state index in [1.54, 1.807) is 31.3 Å². The normalized spacial score (nSPS) is 11.4. The number of aromatic nitrogens is 2. The Labute approximate surface area is 175 Å². The van der Waals surface area contributed by atoms with Crippen molar-refractivity contribution in [1.29, 1.82) is 0 Å². The molecule has 3 aromatic carbocycles. The van der Waals surface area contributed by atoms with E-state index >= 15 is 0 Å². The summed E-state index contributed by atoms with van der Waals surface area (Å²) in [7, 11) is -2.19. The molecule has 0 aliphatic rings. The largest absolute Gasteiger partial charge is 0.334 e. The Hall–Kier alpha value is -3.45. The third kappa shape index (κ3) is 3.71. The quantitative estimate of drug-likeness (QED) is 0.449. The molecule has 0 spiro atoms. The summed E-state index contributed by atoms with van der Waals surface area (Å²) in [5.41, 5.74) is 2.99. The molecular formula is C23H21N3O3S. The molecule has 30 heavy (non-hydrogen) atoms. The average Bonchev–Trinajstić information content (AvgIpc) is 3.29. The standard InChI is InChI=1S/C23H21N3O3S/c1-3-17-10-7-8-15-21(17)26(2)30(27,28)20-14-9-13-19(16-20)23-24-22(25-29-23)18-11-5-4-6-12-18/h4-16H,3H2,1-2H3.